The van der Waals surface area contributed by atoms with Crippen LogP contribution < -0.4 is 0 Å². The molecule has 0 atom stereocenters. The molecule has 1 amide bonds. The summed E-state index contributed by atoms with van der Waals surface area (Å²) in [5.41, 5.74) is 4.32. The Hall–Kier alpha value is -2.96. The van der Waals surface area contributed by atoms with E-state index in [1.807, 2.05) is 78.6 Å². The van der Waals surface area contributed by atoms with Crippen LogP contribution in [0.15, 0.2) is 91.1 Å². The third-order valence-electron chi connectivity index (χ3n) is 7.27. The molecule has 0 saturated carbocycles. The summed E-state index contributed by atoms with van der Waals surface area (Å²) in [6.07, 6.45) is 3.58. The van der Waals surface area contributed by atoms with Crippen molar-refractivity contribution in [2.24, 2.45) is 0 Å². The molecule has 0 fully saturated rings. The molecule has 0 saturated heterocycles. The number of hydrogen-bond acceptors (Lipinski definition) is 5. The number of nitrogens with zero attached hydrogens (tertiary/aromatic N) is 3. The second-order valence-corrected chi connectivity index (χ2v) is 18.3. The number of pyridine rings is 1. The molecule has 0 unspecified atom stereocenters. The van der Waals surface area contributed by atoms with Gasteiger partial charge in [0.1, 0.15) is 0 Å². The monoisotopic (exact) mass is 791 g/mol. The van der Waals surface area contributed by atoms with E-state index in [1.54, 1.807) is 28.8 Å². The van der Waals surface area contributed by atoms with E-state index in [-0.39, 0.29) is 18.1 Å². The van der Waals surface area contributed by atoms with Crippen LogP contribution in [-0.4, -0.2) is 41.7 Å². The van der Waals surface area contributed by atoms with Gasteiger partial charge in [0.05, 0.1) is 0 Å². The molecular weight excluding hydrogens is 756 g/mol. The van der Waals surface area contributed by atoms with Gasteiger partial charge in [-0.2, -0.15) is 0 Å². The third-order valence-corrected chi connectivity index (χ3v) is 15.2. The van der Waals surface area contributed by atoms with E-state index in [4.69, 9.17) is 30.7 Å². The summed E-state index contributed by atoms with van der Waals surface area (Å²) in [5.74, 6) is -0.204. The molecule has 7 nitrogen and oxygen atoms in total. The number of hydrogen-bond donors (Lipinski definition) is 0. The van der Waals surface area contributed by atoms with Crippen LogP contribution in [0.3, 0.4) is 0 Å². The van der Waals surface area contributed by atoms with Crippen molar-refractivity contribution in [3.8, 4) is 11.3 Å². The molecular formula is C35H36Cl2IN3O4S. The summed E-state index contributed by atoms with van der Waals surface area (Å²) in [6, 6.07) is 26.1. The van der Waals surface area contributed by atoms with E-state index >= 15 is 0 Å². The van der Waals surface area contributed by atoms with Crippen molar-refractivity contribution >= 4 is 65.1 Å². The second kappa shape index (κ2) is 15.3. The number of imidazole rings is 1. The molecule has 242 valence electrons. The van der Waals surface area contributed by atoms with Gasteiger partial charge >= 0.3 is 290 Å². The van der Waals surface area contributed by atoms with Gasteiger partial charge in [0, 0.05) is 0 Å². The van der Waals surface area contributed by atoms with Gasteiger partial charge in [0.2, 0.25) is 0 Å². The van der Waals surface area contributed by atoms with Crippen molar-refractivity contribution in [1.82, 2.24) is 14.3 Å². The van der Waals surface area contributed by atoms with E-state index in [1.165, 1.54) is 0 Å². The van der Waals surface area contributed by atoms with Gasteiger partial charge in [0.25, 0.3) is 0 Å². The van der Waals surface area contributed by atoms with Gasteiger partial charge in [-0.3, -0.25) is 0 Å². The maximum absolute atomic E-state index is 13.5. The average Bonchev–Trinajstić information content (AvgIpc) is 3.38. The van der Waals surface area contributed by atoms with Gasteiger partial charge in [-0.25, -0.2) is 0 Å². The topological polar surface area (TPSA) is 81.0 Å². The van der Waals surface area contributed by atoms with Gasteiger partial charge in [-0.15, -0.1) is 0 Å². The molecule has 0 bridgehead atoms. The summed E-state index contributed by atoms with van der Waals surface area (Å²) >= 11 is 10.1. The van der Waals surface area contributed by atoms with Crippen molar-refractivity contribution in [2.75, 3.05) is 13.1 Å². The van der Waals surface area contributed by atoms with E-state index in [9.17, 15) is 13.2 Å². The Kier molecular flexibility index (Phi) is 11.4. The normalized spacial score (nSPS) is 12.0. The Balaban J connectivity index is 1.53. The Labute approximate surface area is 288 Å². The van der Waals surface area contributed by atoms with Gasteiger partial charge in [-0.05, 0) is 0 Å². The van der Waals surface area contributed by atoms with E-state index in [0.29, 0.717) is 45.7 Å². The summed E-state index contributed by atoms with van der Waals surface area (Å²) in [5, 5.41) is 0.818. The number of carbonyl (C=O) groups is 1. The zero-order valence-electron chi connectivity index (χ0n) is 25.9. The average molecular weight is 793 g/mol. The van der Waals surface area contributed by atoms with Crippen LogP contribution in [-0.2, 0) is 29.6 Å². The molecule has 2 heterocycles. The minimum absolute atomic E-state index is 0.00396. The summed E-state index contributed by atoms with van der Waals surface area (Å²) in [6.45, 7) is 7.45. The maximum atomic E-state index is 13.5. The first-order valence-corrected chi connectivity index (χ1v) is 20.4. The van der Waals surface area contributed by atoms with Crippen molar-refractivity contribution in [3.63, 3.8) is 0 Å². The first kappa shape index (κ1) is 34.4. The number of halogens is 3. The molecule has 46 heavy (non-hydrogen) atoms. The number of fused-ring (bicyclic) bond motifs is 1. The number of aromatic nitrogens is 2. The standard InChI is InChI=1S/C35H36Cl2IN3O4S/c1-4-19-40(20-5-2)33(42)22-32-34(39-35-31(37)21-28(36)23-41(32)35)27-13-17-30(18-14-27)38(29-15-11-25(3)12-16-29)45-46(43,44)24-26-9-7-6-8-10-26/h6-18,21,23H,4-5,19-20,22,24H2,1-3H3. The third kappa shape index (κ3) is 8.30. The van der Waals surface area contributed by atoms with Crippen molar-refractivity contribution in [1.29, 1.82) is 0 Å². The molecule has 5 aromatic rings. The zero-order chi connectivity index (χ0) is 32.8. The van der Waals surface area contributed by atoms with Gasteiger partial charge < -0.3 is 0 Å². The molecule has 0 N–H and O–H groups in total. The molecule has 3 aromatic carbocycles. The predicted octanol–water partition coefficient (Wildman–Crippen LogP) is 8.82. The summed E-state index contributed by atoms with van der Waals surface area (Å²) in [4.78, 5) is 20.3. The predicted molar refractivity (Wildman–Crippen MR) is 194 cm³/mol. The number of aryl methyl sites for hydroxylation is 1. The fourth-order valence-electron chi connectivity index (χ4n) is 5.14. The molecule has 2 aromatic heterocycles. The number of amides is 1. The van der Waals surface area contributed by atoms with Gasteiger partial charge in [-0.1, -0.05) is 0 Å². The summed E-state index contributed by atoms with van der Waals surface area (Å²) < 4.78 is 36.2. The SMILES string of the molecule is CCCN(CCC)C(=O)Cc1c(-c2ccc(I(OS(=O)(=O)Cc3ccccc3)c3ccc(C)cc3)cc2)nc2c(Cl)cc(Cl)cn12. The quantitative estimate of drug-likeness (QED) is 0.111. The molecule has 0 aliphatic carbocycles. The Morgan fingerprint density at radius 1 is 0.913 bits per heavy atom. The fourth-order valence-corrected chi connectivity index (χ4v) is 12.7. The number of benzene rings is 3. The van der Waals surface area contributed by atoms with Gasteiger partial charge in [0.15, 0.2) is 0 Å². The molecule has 11 heteroatoms. The first-order chi connectivity index (χ1) is 22.1. The van der Waals surface area contributed by atoms with Crippen LogP contribution in [0, 0.1) is 14.1 Å². The van der Waals surface area contributed by atoms with Crippen LogP contribution in [0.2, 0.25) is 10.0 Å². The molecule has 5 rings (SSSR count). The molecule has 0 aliphatic heterocycles. The van der Waals surface area contributed by atoms with Crippen molar-refractivity contribution < 1.29 is 15.7 Å². The van der Waals surface area contributed by atoms with Crippen LogP contribution in [0.1, 0.15) is 43.5 Å². The number of carbonyl (C=O) groups excluding carboxylic acids is 1. The minimum atomic E-state index is -3.88. The summed E-state index contributed by atoms with van der Waals surface area (Å²) in [7, 11) is -3.88. The molecule has 0 radical (unpaired) electrons. The fraction of sp³-hybridized carbons (Fsp3) is 0.257. The molecule has 0 spiro atoms. The Morgan fingerprint density at radius 3 is 2.13 bits per heavy atom. The molecule has 0 aliphatic rings. The zero-order valence-corrected chi connectivity index (χ0v) is 30.4. The second-order valence-electron chi connectivity index (χ2n) is 11.0. The van der Waals surface area contributed by atoms with E-state index in [2.05, 4.69) is 13.8 Å². The Morgan fingerprint density at radius 2 is 1.52 bits per heavy atom. The van der Waals surface area contributed by atoms with Crippen LogP contribution >= 0.6 is 43.4 Å². The van der Waals surface area contributed by atoms with Crippen LogP contribution in [0.5, 0.6) is 0 Å². The number of rotatable bonds is 13. The Bertz CT molecular complexity index is 1910. The van der Waals surface area contributed by atoms with Crippen LogP contribution in [0.4, 0.5) is 0 Å². The van der Waals surface area contributed by atoms with Crippen LogP contribution in [0.25, 0.3) is 16.9 Å². The first-order valence-electron chi connectivity index (χ1n) is 15.1. The van der Waals surface area contributed by atoms with Crippen molar-refractivity contribution in [2.45, 2.75) is 45.8 Å². The van der Waals surface area contributed by atoms with Crippen molar-refractivity contribution in [3.05, 3.63) is 125 Å². The van der Waals surface area contributed by atoms with E-state index in [0.717, 1.165) is 31.1 Å². The van der Waals surface area contributed by atoms with E-state index < -0.39 is 30.4 Å².